The van der Waals surface area contributed by atoms with E-state index in [1.807, 2.05) is 0 Å². The first-order valence-electron chi connectivity index (χ1n) is 3.81. The minimum Gasteiger partial charge on any atom is -0.394 e. The summed E-state index contributed by atoms with van der Waals surface area (Å²) in [4.78, 5) is 9.92. The number of aliphatic hydroxyl groups excluding tert-OH is 5. The molecule has 0 rings (SSSR count). The Kier molecular flexibility index (Phi) is 5.76. The van der Waals surface area contributed by atoms with Gasteiger partial charge in [-0.15, -0.1) is 0 Å². The van der Waals surface area contributed by atoms with Crippen molar-refractivity contribution in [1.29, 1.82) is 0 Å². The lowest BCUT2D eigenvalue weighted by molar-refractivity contribution is -0.125. The first-order valence-corrected chi connectivity index (χ1v) is 3.81. The molecule has 0 aromatic carbocycles. The summed E-state index contributed by atoms with van der Waals surface area (Å²) in [5, 5.41) is 44.4. The molecule has 0 bridgehead atoms. The molecule has 13 heavy (non-hydrogen) atoms. The second-order valence-corrected chi connectivity index (χ2v) is 2.70. The van der Waals surface area contributed by atoms with Crippen LogP contribution in [0.25, 0.3) is 0 Å². The first-order chi connectivity index (χ1) is 6.04. The van der Waals surface area contributed by atoms with Gasteiger partial charge in [0.25, 0.3) is 0 Å². The molecule has 0 aliphatic heterocycles. The van der Waals surface area contributed by atoms with Crippen LogP contribution in [0.15, 0.2) is 0 Å². The summed E-state index contributed by atoms with van der Waals surface area (Å²) in [5.74, 6) is 0. The zero-order valence-corrected chi connectivity index (χ0v) is 6.95. The molecule has 78 valence electrons. The average molecular weight is 194 g/mol. The highest BCUT2D eigenvalue weighted by Crippen LogP contribution is 2.06. The van der Waals surface area contributed by atoms with Crippen LogP contribution < -0.4 is 0 Å². The largest absolute Gasteiger partial charge is 0.394 e. The molecule has 0 saturated heterocycles. The zero-order chi connectivity index (χ0) is 10.4. The van der Waals surface area contributed by atoms with E-state index in [4.69, 9.17) is 25.5 Å². The molecule has 0 aliphatic carbocycles. The van der Waals surface area contributed by atoms with Crippen molar-refractivity contribution >= 4 is 6.29 Å². The van der Waals surface area contributed by atoms with Gasteiger partial charge in [-0.3, -0.25) is 0 Å². The SMILES string of the molecule is O=CC[C@@H](O)[C@@H](O)[C@H](O)[C@H](O)CO. The molecule has 6 heteroatoms. The van der Waals surface area contributed by atoms with Crippen molar-refractivity contribution in [3.8, 4) is 0 Å². The molecule has 0 aromatic rings. The third-order valence-corrected chi connectivity index (χ3v) is 1.66. The number of hydrogen-bond acceptors (Lipinski definition) is 6. The fourth-order valence-corrected chi connectivity index (χ4v) is 0.801. The van der Waals surface area contributed by atoms with Gasteiger partial charge in [0.1, 0.15) is 24.6 Å². The monoisotopic (exact) mass is 194 g/mol. The van der Waals surface area contributed by atoms with Crippen molar-refractivity contribution in [2.24, 2.45) is 0 Å². The van der Waals surface area contributed by atoms with Gasteiger partial charge in [-0.1, -0.05) is 0 Å². The molecular weight excluding hydrogens is 180 g/mol. The van der Waals surface area contributed by atoms with Gasteiger partial charge in [-0.2, -0.15) is 0 Å². The minimum absolute atomic E-state index is 0.337. The van der Waals surface area contributed by atoms with Crippen molar-refractivity contribution < 1.29 is 30.3 Å². The third kappa shape index (κ3) is 3.79. The summed E-state index contributed by atoms with van der Waals surface area (Å²) in [6.07, 6.45) is -6.24. The molecule has 0 saturated carbocycles. The summed E-state index contributed by atoms with van der Waals surface area (Å²) in [6, 6.07) is 0. The molecule has 0 radical (unpaired) electrons. The van der Waals surface area contributed by atoms with Crippen LogP contribution in [-0.4, -0.2) is 62.8 Å². The number of rotatable bonds is 6. The van der Waals surface area contributed by atoms with Gasteiger partial charge in [-0.05, 0) is 0 Å². The number of aliphatic hydroxyl groups is 5. The quantitative estimate of drug-likeness (QED) is 0.288. The molecule has 5 N–H and O–H groups in total. The number of aldehydes is 1. The highest BCUT2D eigenvalue weighted by Gasteiger charge is 2.29. The average Bonchev–Trinajstić information content (AvgIpc) is 2.14. The molecule has 4 atom stereocenters. The summed E-state index contributed by atoms with van der Waals surface area (Å²) < 4.78 is 0. The standard InChI is InChI=1S/C7H14O6/c8-2-1-4(10)6(12)7(13)5(11)3-9/h2,4-7,9-13H,1,3H2/t4-,5-,6-,7-/m1/s1. The van der Waals surface area contributed by atoms with Crippen molar-refractivity contribution in [3.05, 3.63) is 0 Å². The third-order valence-electron chi connectivity index (χ3n) is 1.66. The van der Waals surface area contributed by atoms with Gasteiger partial charge < -0.3 is 30.3 Å². The topological polar surface area (TPSA) is 118 Å². The Labute approximate surface area is 75.1 Å². The van der Waals surface area contributed by atoms with E-state index in [1.165, 1.54) is 0 Å². The Hall–Kier alpha value is -0.530. The molecular formula is C7H14O6. The van der Waals surface area contributed by atoms with Crippen molar-refractivity contribution in [2.75, 3.05) is 6.61 Å². The van der Waals surface area contributed by atoms with Crippen LogP contribution in [0.3, 0.4) is 0 Å². The molecule has 0 fully saturated rings. The van der Waals surface area contributed by atoms with Gasteiger partial charge in [0.05, 0.1) is 12.7 Å². The second-order valence-electron chi connectivity index (χ2n) is 2.70. The van der Waals surface area contributed by atoms with Crippen LogP contribution >= 0.6 is 0 Å². The van der Waals surface area contributed by atoms with Gasteiger partial charge in [-0.25, -0.2) is 0 Å². The predicted molar refractivity (Wildman–Crippen MR) is 41.8 cm³/mol. The van der Waals surface area contributed by atoms with E-state index < -0.39 is 31.0 Å². The van der Waals surface area contributed by atoms with Gasteiger partial charge >= 0.3 is 0 Å². The highest BCUT2D eigenvalue weighted by molar-refractivity contribution is 5.50. The van der Waals surface area contributed by atoms with E-state index in [0.717, 1.165) is 0 Å². The lowest BCUT2D eigenvalue weighted by Gasteiger charge is -2.24. The summed E-state index contributed by atoms with van der Waals surface area (Å²) >= 11 is 0. The van der Waals surface area contributed by atoms with Gasteiger partial charge in [0.2, 0.25) is 0 Å². The van der Waals surface area contributed by atoms with Crippen molar-refractivity contribution in [1.82, 2.24) is 0 Å². The van der Waals surface area contributed by atoms with Gasteiger partial charge in [0.15, 0.2) is 0 Å². The molecule has 0 spiro atoms. The van der Waals surface area contributed by atoms with Gasteiger partial charge in [0, 0.05) is 6.42 Å². The van der Waals surface area contributed by atoms with Crippen LogP contribution in [0.1, 0.15) is 6.42 Å². The van der Waals surface area contributed by atoms with E-state index >= 15 is 0 Å². The first kappa shape index (κ1) is 12.5. The van der Waals surface area contributed by atoms with Crippen LogP contribution in [-0.2, 0) is 4.79 Å². The number of carbonyl (C=O) groups is 1. The maximum Gasteiger partial charge on any atom is 0.122 e. The summed E-state index contributed by atoms with van der Waals surface area (Å²) in [5.41, 5.74) is 0. The lowest BCUT2D eigenvalue weighted by Crippen LogP contribution is -2.45. The number of hydrogen-bond donors (Lipinski definition) is 5. The Morgan fingerprint density at radius 3 is 1.85 bits per heavy atom. The molecule has 0 aromatic heterocycles. The number of carbonyl (C=O) groups excluding carboxylic acids is 1. The van der Waals surface area contributed by atoms with Crippen molar-refractivity contribution in [3.63, 3.8) is 0 Å². The Morgan fingerprint density at radius 2 is 1.46 bits per heavy atom. The summed E-state index contributed by atoms with van der Waals surface area (Å²) in [6.45, 7) is -0.730. The molecule has 0 amide bonds. The van der Waals surface area contributed by atoms with Crippen LogP contribution in [0.2, 0.25) is 0 Å². The molecule has 0 unspecified atom stereocenters. The predicted octanol–water partition coefficient (Wildman–Crippen LogP) is -2.99. The van der Waals surface area contributed by atoms with E-state index in [1.54, 1.807) is 0 Å². The normalized spacial score (nSPS) is 20.4. The van der Waals surface area contributed by atoms with Crippen molar-refractivity contribution in [2.45, 2.75) is 30.8 Å². The van der Waals surface area contributed by atoms with E-state index in [9.17, 15) is 4.79 Å². The Morgan fingerprint density at radius 1 is 1.00 bits per heavy atom. The lowest BCUT2D eigenvalue weighted by atomic mass is 10.0. The van der Waals surface area contributed by atoms with Crippen LogP contribution in [0.4, 0.5) is 0 Å². The fraction of sp³-hybridized carbons (Fsp3) is 0.857. The summed E-state index contributed by atoms with van der Waals surface area (Å²) in [7, 11) is 0. The zero-order valence-electron chi connectivity index (χ0n) is 6.95. The maximum absolute atomic E-state index is 9.92. The van der Waals surface area contributed by atoms with E-state index in [2.05, 4.69) is 0 Å². The van der Waals surface area contributed by atoms with Crippen LogP contribution in [0.5, 0.6) is 0 Å². The fourth-order valence-electron chi connectivity index (χ4n) is 0.801. The van der Waals surface area contributed by atoms with E-state index in [-0.39, 0.29) is 6.42 Å². The maximum atomic E-state index is 9.92. The highest BCUT2D eigenvalue weighted by atomic mass is 16.4. The smallest absolute Gasteiger partial charge is 0.122 e. The van der Waals surface area contributed by atoms with Crippen LogP contribution in [0, 0.1) is 0 Å². The Bertz CT molecular complexity index is 150. The second kappa shape index (κ2) is 6.01. The molecule has 0 aliphatic rings. The molecule has 0 heterocycles. The van der Waals surface area contributed by atoms with E-state index in [0.29, 0.717) is 6.29 Å². The Balaban J connectivity index is 4.06. The molecule has 6 nitrogen and oxygen atoms in total. The minimum atomic E-state index is -1.67.